The van der Waals surface area contributed by atoms with Gasteiger partial charge < -0.3 is 11.1 Å². The average molecular weight is 435 g/mol. The van der Waals surface area contributed by atoms with E-state index in [9.17, 15) is 18.0 Å². The molecule has 0 saturated heterocycles. The minimum atomic E-state index is -4.51. The second-order valence-corrected chi connectivity index (χ2v) is 6.38. The molecular weight excluding hydrogens is 421 g/mol. The lowest BCUT2D eigenvalue weighted by atomic mass is 10.1. The molecule has 11 heteroatoms. The van der Waals surface area contributed by atoms with Crippen molar-refractivity contribution in [2.45, 2.75) is 12.7 Å². The van der Waals surface area contributed by atoms with Gasteiger partial charge in [0.15, 0.2) is 5.69 Å². The first kappa shape index (κ1) is 21.2. The largest absolute Gasteiger partial charge is 0.433 e. The second-order valence-electron chi connectivity index (χ2n) is 5.98. The number of nitrogens with one attached hydrogen (secondary N) is 1. The van der Waals surface area contributed by atoms with Crippen molar-refractivity contribution in [3.63, 3.8) is 0 Å². The van der Waals surface area contributed by atoms with Crippen LogP contribution in [0.1, 0.15) is 27.3 Å². The van der Waals surface area contributed by atoms with E-state index in [-0.39, 0.29) is 28.7 Å². The molecular formula is C19H14ClF3N6O. The molecule has 0 spiro atoms. The minimum absolute atomic E-state index is 0.0119. The number of alkyl halides is 3. The topological polar surface area (TPSA) is 106 Å². The van der Waals surface area contributed by atoms with E-state index in [0.717, 1.165) is 12.3 Å². The van der Waals surface area contributed by atoms with Crippen LogP contribution in [0.25, 0.3) is 0 Å². The molecule has 0 saturated carbocycles. The van der Waals surface area contributed by atoms with Crippen LogP contribution < -0.4 is 11.1 Å². The standard InChI is InChI=1S/C19H14ClF3N6O/c20-12-3-1-4-13(25-9-11-6-7-15(26-10-11)19(21,22)23)16(12)17(24)28-18(30)14-5-2-8-27-29-14/h1-8,10,25H,9H2,(H2,24,28,30). The molecule has 154 valence electrons. The van der Waals surface area contributed by atoms with E-state index in [1.54, 1.807) is 18.2 Å². The van der Waals surface area contributed by atoms with Crippen molar-refractivity contribution in [1.82, 2.24) is 15.2 Å². The Kier molecular flexibility index (Phi) is 6.26. The Balaban J connectivity index is 1.81. The van der Waals surface area contributed by atoms with E-state index in [4.69, 9.17) is 17.3 Å². The Morgan fingerprint density at radius 3 is 2.60 bits per heavy atom. The van der Waals surface area contributed by atoms with Crippen LogP contribution in [-0.2, 0) is 12.7 Å². The quantitative estimate of drug-likeness (QED) is 0.468. The maximum atomic E-state index is 12.6. The van der Waals surface area contributed by atoms with Crippen LogP contribution in [0.5, 0.6) is 0 Å². The highest BCUT2D eigenvalue weighted by molar-refractivity contribution is 6.35. The summed E-state index contributed by atoms with van der Waals surface area (Å²) < 4.78 is 37.9. The monoisotopic (exact) mass is 434 g/mol. The van der Waals surface area contributed by atoms with Crippen molar-refractivity contribution in [2.75, 3.05) is 5.32 Å². The third-order valence-electron chi connectivity index (χ3n) is 3.88. The highest BCUT2D eigenvalue weighted by Crippen LogP contribution is 2.28. The minimum Gasteiger partial charge on any atom is -0.383 e. The van der Waals surface area contributed by atoms with E-state index in [1.165, 1.54) is 24.4 Å². The third-order valence-corrected chi connectivity index (χ3v) is 4.20. The summed E-state index contributed by atoms with van der Waals surface area (Å²) in [6.45, 7) is 0.143. The summed E-state index contributed by atoms with van der Waals surface area (Å²) in [6.07, 6.45) is -1.97. The number of nitrogens with two attached hydrogens (primary N) is 1. The van der Waals surface area contributed by atoms with Gasteiger partial charge in [0.1, 0.15) is 11.5 Å². The molecule has 3 aromatic rings. The molecule has 1 aromatic carbocycles. The second kappa shape index (κ2) is 8.87. The first-order valence-corrected chi connectivity index (χ1v) is 8.84. The van der Waals surface area contributed by atoms with E-state index < -0.39 is 17.8 Å². The maximum absolute atomic E-state index is 12.6. The lowest BCUT2D eigenvalue weighted by molar-refractivity contribution is -0.141. The Bertz CT molecular complexity index is 1070. The zero-order valence-corrected chi connectivity index (χ0v) is 15.9. The average Bonchev–Trinajstić information content (AvgIpc) is 2.72. The van der Waals surface area contributed by atoms with Gasteiger partial charge in [-0.3, -0.25) is 9.78 Å². The van der Waals surface area contributed by atoms with Crippen molar-refractivity contribution < 1.29 is 18.0 Å². The highest BCUT2D eigenvalue weighted by atomic mass is 35.5. The number of pyridine rings is 1. The fraction of sp³-hybridized carbons (Fsp3) is 0.105. The Morgan fingerprint density at radius 2 is 1.97 bits per heavy atom. The van der Waals surface area contributed by atoms with Crippen molar-refractivity contribution in [3.8, 4) is 0 Å². The number of anilines is 1. The fourth-order valence-electron chi connectivity index (χ4n) is 2.46. The molecule has 0 unspecified atom stereocenters. The lowest BCUT2D eigenvalue weighted by Gasteiger charge is -2.13. The number of benzene rings is 1. The molecule has 7 nitrogen and oxygen atoms in total. The van der Waals surface area contributed by atoms with Gasteiger partial charge >= 0.3 is 6.18 Å². The molecule has 2 heterocycles. The number of aromatic nitrogens is 3. The number of hydrogen-bond donors (Lipinski definition) is 2. The molecule has 1 amide bonds. The fourth-order valence-corrected chi connectivity index (χ4v) is 2.74. The Morgan fingerprint density at radius 1 is 1.17 bits per heavy atom. The molecule has 0 aliphatic rings. The molecule has 0 bridgehead atoms. The SMILES string of the molecule is NC(=NC(=O)c1cccnn1)c1c(Cl)cccc1NCc1ccc(C(F)(F)F)nc1. The normalized spacial score (nSPS) is 11.9. The number of rotatable bonds is 5. The van der Waals surface area contributed by atoms with Crippen LogP contribution in [0.3, 0.4) is 0 Å². The van der Waals surface area contributed by atoms with Crippen molar-refractivity contribution in [1.29, 1.82) is 0 Å². The van der Waals surface area contributed by atoms with Gasteiger partial charge in [-0.1, -0.05) is 23.7 Å². The lowest BCUT2D eigenvalue weighted by Crippen LogP contribution is -2.19. The number of aliphatic imine (C=N–C) groups is 1. The van der Waals surface area contributed by atoms with Gasteiger partial charge in [-0.2, -0.15) is 23.3 Å². The van der Waals surface area contributed by atoms with Crippen molar-refractivity contribution in [2.24, 2.45) is 10.7 Å². The van der Waals surface area contributed by atoms with Crippen LogP contribution in [0, 0.1) is 0 Å². The van der Waals surface area contributed by atoms with E-state index in [2.05, 4.69) is 25.5 Å². The number of carbonyl (C=O) groups is 1. The van der Waals surface area contributed by atoms with Gasteiger partial charge in [-0.15, -0.1) is 5.10 Å². The Labute approximate surface area is 173 Å². The first-order valence-electron chi connectivity index (χ1n) is 8.47. The molecule has 0 aliphatic heterocycles. The van der Waals surface area contributed by atoms with Crippen LogP contribution in [0.15, 0.2) is 59.9 Å². The predicted octanol–water partition coefficient (Wildman–Crippen LogP) is 3.70. The van der Waals surface area contributed by atoms with Gasteiger partial charge in [-0.05, 0) is 35.9 Å². The van der Waals surface area contributed by atoms with Crippen molar-refractivity contribution >= 4 is 29.0 Å². The summed E-state index contributed by atoms with van der Waals surface area (Å²) >= 11 is 6.23. The van der Waals surface area contributed by atoms with E-state index in [1.807, 2.05) is 0 Å². The molecule has 3 rings (SSSR count). The van der Waals surface area contributed by atoms with Gasteiger partial charge in [0.2, 0.25) is 0 Å². The van der Waals surface area contributed by atoms with E-state index >= 15 is 0 Å². The zero-order valence-electron chi connectivity index (χ0n) is 15.2. The summed E-state index contributed by atoms with van der Waals surface area (Å²) in [7, 11) is 0. The summed E-state index contributed by atoms with van der Waals surface area (Å²) in [4.78, 5) is 19.4. The van der Waals surface area contributed by atoms with Crippen molar-refractivity contribution in [3.05, 3.63) is 82.4 Å². The number of amidine groups is 1. The number of carbonyl (C=O) groups excluding carboxylic acids is 1. The van der Waals surface area contributed by atoms with Crippen LogP contribution in [-0.4, -0.2) is 26.9 Å². The smallest absolute Gasteiger partial charge is 0.383 e. The van der Waals surface area contributed by atoms with Crippen LogP contribution >= 0.6 is 11.6 Å². The molecule has 3 N–H and O–H groups in total. The number of amides is 1. The zero-order chi connectivity index (χ0) is 21.7. The molecule has 0 radical (unpaired) electrons. The summed E-state index contributed by atoms with van der Waals surface area (Å²) in [5, 5.41) is 10.5. The van der Waals surface area contributed by atoms with Gasteiger partial charge in [-0.25, -0.2) is 0 Å². The number of hydrogen-bond acceptors (Lipinski definition) is 5. The molecule has 30 heavy (non-hydrogen) atoms. The van der Waals surface area contributed by atoms with Gasteiger partial charge in [0.25, 0.3) is 5.91 Å². The van der Waals surface area contributed by atoms with Crippen LogP contribution in [0.2, 0.25) is 5.02 Å². The maximum Gasteiger partial charge on any atom is 0.433 e. The van der Waals surface area contributed by atoms with Gasteiger partial charge in [0.05, 0.1) is 10.6 Å². The summed E-state index contributed by atoms with van der Waals surface area (Å²) in [6, 6.07) is 10.0. The highest BCUT2D eigenvalue weighted by Gasteiger charge is 2.32. The third kappa shape index (κ3) is 5.09. The summed E-state index contributed by atoms with van der Waals surface area (Å²) in [5.74, 6) is -0.845. The predicted molar refractivity (Wildman–Crippen MR) is 105 cm³/mol. The van der Waals surface area contributed by atoms with Crippen LogP contribution in [0.4, 0.5) is 18.9 Å². The molecule has 0 fully saturated rings. The van der Waals surface area contributed by atoms with Gasteiger partial charge in [0, 0.05) is 24.6 Å². The molecule has 2 aromatic heterocycles. The Hall–Kier alpha value is -3.53. The molecule has 0 aliphatic carbocycles. The molecule has 0 atom stereocenters. The first-order chi connectivity index (χ1) is 14.3. The summed E-state index contributed by atoms with van der Waals surface area (Å²) in [5.41, 5.74) is 6.24. The van der Waals surface area contributed by atoms with E-state index in [0.29, 0.717) is 11.3 Å². The number of nitrogens with zero attached hydrogens (tertiary/aromatic N) is 4. The number of halogens is 4.